The van der Waals surface area contributed by atoms with Gasteiger partial charge >= 0.3 is 0 Å². The Morgan fingerprint density at radius 1 is 1.31 bits per heavy atom. The fraction of sp³-hybridized carbons (Fsp3) is 0.750. The minimum atomic E-state index is 0.398. The van der Waals surface area contributed by atoms with Gasteiger partial charge in [0.25, 0.3) is 0 Å². The number of hydrogen-bond acceptors (Lipinski definition) is 3. The molecular weight excluding hydrogens is 200 g/mol. The minimum absolute atomic E-state index is 0.398. The normalized spacial score (nSPS) is 24.2. The van der Waals surface area contributed by atoms with Crippen molar-refractivity contribution < 1.29 is 0 Å². The fourth-order valence-corrected chi connectivity index (χ4v) is 2.31. The Bertz CT molecular complexity index is 359. The average Bonchev–Trinajstić information content (AvgIpc) is 2.94. The molecule has 2 aliphatic rings. The SMILES string of the molecule is CC1(c2cc(N3CCCNCC3)n[nH]2)CC1. The molecule has 0 atom stereocenters. The van der Waals surface area contributed by atoms with Gasteiger partial charge in [0, 0.05) is 36.8 Å². The van der Waals surface area contributed by atoms with Crippen LogP contribution in [-0.2, 0) is 5.41 Å². The second-order valence-electron chi connectivity index (χ2n) is 5.29. The average molecular weight is 220 g/mol. The number of anilines is 1. The summed E-state index contributed by atoms with van der Waals surface area (Å²) >= 11 is 0. The van der Waals surface area contributed by atoms with E-state index >= 15 is 0 Å². The van der Waals surface area contributed by atoms with Gasteiger partial charge in [-0.3, -0.25) is 5.10 Å². The number of aromatic nitrogens is 2. The van der Waals surface area contributed by atoms with Gasteiger partial charge in [-0.15, -0.1) is 0 Å². The highest BCUT2D eigenvalue weighted by Crippen LogP contribution is 2.47. The van der Waals surface area contributed by atoms with Crippen LogP contribution in [0.3, 0.4) is 0 Å². The lowest BCUT2D eigenvalue weighted by atomic mass is 10.1. The van der Waals surface area contributed by atoms with E-state index in [0.29, 0.717) is 5.41 Å². The van der Waals surface area contributed by atoms with Gasteiger partial charge in [0.15, 0.2) is 5.82 Å². The molecule has 0 radical (unpaired) electrons. The first-order valence-electron chi connectivity index (χ1n) is 6.29. The number of hydrogen-bond donors (Lipinski definition) is 2. The predicted molar refractivity (Wildman–Crippen MR) is 64.9 cm³/mol. The van der Waals surface area contributed by atoms with Crippen LogP contribution in [0.15, 0.2) is 6.07 Å². The molecule has 1 aliphatic carbocycles. The van der Waals surface area contributed by atoms with Crippen LogP contribution in [0.25, 0.3) is 0 Å². The van der Waals surface area contributed by atoms with Crippen molar-refractivity contribution in [2.75, 3.05) is 31.1 Å². The number of H-pyrrole nitrogens is 1. The lowest BCUT2D eigenvalue weighted by Gasteiger charge is -2.18. The van der Waals surface area contributed by atoms with E-state index in [1.807, 2.05) is 0 Å². The van der Waals surface area contributed by atoms with Gasteiger partial charge < -0.3 is 10.2 Å². The third-order valence-corrected chi connectivity index (χ3v) is 3.88. The predicted octanol–water partition coefficient (Wildman–Crippen LogP) is 1.26. The summed E-state index contributed by atoms with van der Waals surface area (Å²) in [5.41, 5.74) is 1.72. The lowest BCUT2D eigenvalue weighted by molar-refractivity contribution is 0.724. The van der Waals surface area contributed by atoms with Gasteiger partial charge in [-0.05, 0) is 25.8 Å². The molecule has 1 aliphatic heterocycles. The first-order chi connectivity index (χ1) is 7.78. The molecule has 88 valence electrons. The van der Waals surface area contributed by atoms with E-state index in [9.17, 15) is 0 Å². The molecule has 1 saturated carbocycles. The molecule has 3 rings (SSSR count). The van der Waals surface area contributed by atoms with E-state index in [0.717, 1.165) is 32.0 Å². The summed E-state index contributed by atoms with van der Waals surface area (Å²) in [6.07, 6.45) is 3.81. The smallest absolute Gasteiger partial charge is 0.150 e. The summed E-state index contributed by atoms with van der Waals surface area (Å²) in [4.78, 5) is 2.38. The minimum Gasteiger partial charge on any atom is -0.354 e. The van der Waals surface area contributed by atoms with Crippen molar-refractivity contribution >= 4 is 5.82 Å². The summed E-state index contributed by atoms with van der Waals surface area (Å²) in [6.45, 7) is 6.70. The largest absolute Gasteiger partial charge is 0.354 e. The highest BCUT2D eigenvalue weighted by atomic mass is 15.3. The summed E-state index contributed by atoms with van der Waals surface area (Å²) in [7, 11) is 0. The van der Waals surface area contributed by atoms with Gasteiger partial charge in [0.1, 0.15) is 0 Å². The quantitative estimate of drug-likeness (QED) is 0.788. The Kier molecular flexibility index (Phi) is 2.39. The molecule has 4 nitrogen and oxygen atoms in total. The van der Waals surface area contributed by atoms with Crippen LogP contribution in [0.4, 0.5) is 5.82 Å². The van der Waals surface area contributed by atoms with Gasteiger partial charge in [-0.2, -0.15) is 5.10 Å². The summed E-state index contributed by atoms with van der Waals surface area (Å²) < 4.78 is 0. The van der Waals surface area contributed by atoms with E-state index < -0.39 is 0 Å². The van der Waals surface area contributed by atoms with Crippen LogP contribution in [-0.4, -0.2) is 36.4 Å². The van der Waals surface area contributed by atoms with E-state index in [2.05, 4.69) is 33.4 Å². The Hall–Kier alpha value is -1.03. The maximum Gasteiger partial charge on any atom is 0.150 e. The van der Waals surface area contributed by atoms with Crippen molar-refractivity contribution in [3.05, 3.63) is 11.8 Å². The van der Waals surface area contributed by atoms with Gasteiger partial charge in [0.2, 0.25) is 0 Å². The van der Waals surface area contributed by atoms with Crippen LogP contribution in [0.2, 0.25) is 0 Å². The second-order valence-corrected chi connectivity index (χ2v) is 5.29. The van der Waals surface area contributed by atoms with Gasteiger partial charge in [-0.25, -0.2) is 0 Å². The molecule has 2 heterocycles. The molecule has 2 fully saturated rings. The Balaban J connectivity index is 1.75. The number of rotatable bonds is 2. The maximum absolute atomic E-state index is 4.46. The van der Waals surface area contributed by atoms with Crippen molar-refractivity contribution in [3.63, 3.8) is 0 Å². The van der Waals surface area contributed by atoms with Crippen molar-refractivity contribution in [2.24, 2.45) is 0 Å². The van der Waals surface area contributed by atoms with Gasteiger partial charge in [0.05, 0.1) is 0 Å². The van der Waals surface area contributed by atoms with Crippen molar-refractivity contribution in [3.8, 4) is 0 Å². The molecule has 0 unspecified atom stereocenters. The lowest BCUT2D eigenvalue weighted by Crippen LogP contribution is -2.28. The Labute approximate surface area is 96.4 Å². The van der Waals surface area contributed by atoms with Crippen LogP contribution in [0, 0.1) is 0 Å². The summed E-state index contributed by atoms with van der Waals surface area (Å²) in [5, 5.41) is 11.1. The zero-order valence-electron chi connectivity index (χ0n) is 9.92. The molecule has 0 spiro atoms. The topological polar surface area (TPSA) is 44.0 Å². The number of nitrogens with zero attached hydrogens (tertiary/aromatic N) is 2. The molecule has 1 saturated heterocycles. The molecule has 1 aromatic rings. The standard InChI is InChI=1S/C12H20N4/c1-12(3-4-12)10-9-11(15-14-10)16-7-2-5-13-6-8-16/h9,13H,2-8H2,1H3,(H,14,15). The highest BCUT2D eigenvalue weighted by Gasteiger charge is 2.40. The number of aromatic amines is 1. The zero-order valence-corrected chi connectivity index (χ0v) is 9.92. The Morgan fingerprint density at radius 2 is 2.19 bits per heavy atom. The van der Waals surface area contributed by atoms with E-state index in [1.54, 1.807) is 0 Å². The van der Waals surface area contributed by atoms with Crippen LogP contribution >= 0.6 is 0 Å². The van der Waals surface area contributed by atoms with Crippen LogP contribution in [0.1, 0.15) is 31.9 Å². The first-order valence-corrected chi connectivity index (χ1v) is 6.29. The monoisotopic (exact) mass is 220 g/mol. The third kappa shape index (κ3) is 1.82. The molecule has 1 aromatic heterocycles. The van der Waals surface area contributed by atoms with Crippen LogP contribution < -0.4 is 10.2 Å². The molecule has 0 bridgehead atoms. The van der Waals surface area contributed by atoms with E-state index in [4.69, 9.17) is 0 Å². The maximum atomic E-state index is 4.46. The van der Waals surface area contributed by atoms with Gasteiger partial charge in [-0.1, -0.05) is 6.92 Å². The third-order valence-electron chi connectivity index (χ3n) is 3.88. The second kappa shape index (κ2) is 3.77. The van der Waals surface area contributed by atoms with E-state index in [1.165, 1.54) is 25.0 Å². The fourth-order valence-electron chi connectivity index (χ4n) is 2.31. The summed E-state index contributed by atoms with van der Waals surface area (Å²) in [5.74, 6) is 1.13. The Morgan fingerprint density at radius 3 is 3.00 bits per heavy atom. The van der Waals surface area contributed by atoms with Crippen molar-refractivity contribution in [1.29, 1.82) is 0 Å². The number of nitrogens with one attached hydrogen (secondary N) is 2. The van der Waals surface area contributed by atoms with E-state index in [-0.39, 0.29) is 0 Å². The van der Waals surface area contributed by atoms with Crippen LogP contribution in [0.5, 0.6) is 0 Å². The summed E-state index contributed by atoms with van der Waals surface area (Å²) in [6, 6.07) is 2.25. The zero-order chi connectivity index (χ0) is 11.0. The molecule has 2 N–H and O–H groups in total. The van der Waals surface area contributed by atoms with Crippen molar-refractivity contribution in [2.45, 2.75) is 31.6 Å². The first kappa shape index (κ1) is 10.1. The highest BCUT2D eigenvalue weighted by molar-refractivity contribution is 5.42. The molecule has 0 amide bonds. The molecule has 4 heteroatoms. The van der Waals surface area contributed by atoms with Crippen molar-refractivity contribution in [1.82, 2.24) is 15.5 Å². The molecular formula is C12H20N4. The molecule has 16 heavy (non-hydrogen) atoms. The molecule has 0 aromatic carbocycles.